The molecule has 7 heteroatoms. The van der Waals surface area contributed by atoms with E-state index in [1.807, 2.05) is 6.92 Å². The number of rotatable bonds is 4. The second-order valence-corrected chi connectivity index (χ2v) is 5.38. The van der Waals surface area contributed by atoms with Gasteiger partial charge in [0.25, 0.3) is 5.91 Å². The van der Waals surface area contributed by atoms with Gasteiger partial charge in [0.05, 0.1) is 11.8 Å². The first-order chi connectivity index (χ1) is 9.52. The predicted molar refractivity (Wildman–Crippen MR) is 81.2 cm³/mol. The minimum atomic E-state index is -0.559. The molecule has 0 saturated carbocycles. The number of carbonyl (C=O) groups is 2. The summed E-state index contributed by atoms with van der Waals surface area (Å²) in [5.74, 6) is -0.0159. The fourth-order valence-corrected chi connectivity index (χ4v) is 2.60. The first-order valence-electron chi connectivity index (χ1n) is 6.86. The quantitative estimate of drug-likeness (QED) is 0.868. The molecule has 1 aromatic rings. The maximum Gasteiger partial charge on any atom is 0.255 e. The number of hydrogen-bond acceptors (Lipinski definition) is 4. The van der Waals surface area contributed by atoms with Crippen LogP contribution >= 0.6 is 12.4 Å². The number of halogens is 1. The molecule has 0 radical (unpaired) electrons. The van der Waals surface area contributed by atoms with Crippen molar-refractivity contribution in [3.8, 4) is 0 Å². The van der Waals surface area contributed by atoms with Gasteiger partial charge in [0, 0.05) is 12.6 Å². The molecule has 0 spiro atoms. The number of furan rings is 1. The van der Waals surface area contributed by atoms with Crippen LogP contribution in [0.3, 0.4) is 0 Å². The molecule has 1 aliphatic heterocycles. The van der Waals surface area contributed by atoms with Crippen molar-refractivity contribution < 1.29 is 14.0 Å². The molecule has 0 bridgehead atoms. The fraction of sp³-hybridized carbons (Fsp3) is 0.571. The Morgan fingerprint density at radius 2 is 2.29 bits per heavy atom. The number of nitrogens with zero attached hydrogens (tertiary/aromatic N) is 1. The Morgan fingerprint density at radius 1 is 1.57 bits per heavy atom. The number of nitrogens with one attached hydrogen (secondary N) is 1. The van der Waals surface area contributed by atoms with Crippen molar-refractivity contribution in [3.63, 3.8) is 0 Å². The Kier molecular flexibility index (Phi) is 6.23. The summed E-state index contributed by atoms with van der Waals surface area (Å²) < 4.78 is 4.85. The second kappa shape index (κ2) is 7.47. The first-order valence-corrected chi connectivity index (χ1v) is 6.86. The van der Waals surface area contributed by atoms with Gasteiger partial charge in [-0.05, 0) is 38.8 Å². The topological polar surface area (TPSA) is 88.6 Å². The molecule has 21 heavy (non-hydrogen) atoms. The van der Waals surface area contributed by atoms with Crippen molar-refractivity contribution >= 4 is 24.2 Å². The zero-order valence-electron chi connectivity index (χ0n) is 12.2. The van der Waals surface area contributed by atoms with E-state index >= 15 is 0 Å². The molecule has 118 valence electrons. The number of hydrogen-bond donors (Lipinski definition) is 2. The molecule has 2 heterocycles. The van der Waals surface area contributed by atoms with Crippen molar-refractivity contribution in [1.29, 1.82) is 0 Å². The van der Waals surface area contributed by atoms with Crippen LogP contribution in [0.1, 0.15) is 30.6 Å². The molecule has 3 N–H and O–H groups in total. The van der Waals surface area contributed by atoms with Gasteiger partial charge in [-0.25, -0.2) is 0 Å². The molecule has 3 atom stereocenters. The molecule has 1 fully saturated rings. The lowest BCUT2D eigenvalue weighted by Crippen LogP contribution is -2.48. The summed E-state index contributed by atoms with van der Waals surface area (Å²) in [6.07, 6.45) is 3.70. The van der Waals surface area contributed by atoms with Crippen molar-refractivity contribution in [2.45, 2.75) is 32.4 Å². The summed E-state index contributed by atoms with van der Waals surface area (Å²) in [6, 6.07) is 1.18. The van der Waals surface area contributed by atoms with Crippen molar-refractivity contribution in [2.24, 2.45) is 11.7 Å². The van der Waals surface area contributed by atoms with Crippen LogP contribution in [0.5, 0.6) is 0 Å². The average molecular weight is 316 g/mol. The molecular formula is C14H22ClN3O3. The minimum Gasteiger partial charge on any atom is -0.472 e. The molecule has 1 aromatic heterocycles. The van der Waals surface area contributed by atoms with Gasteiger partial charge in [-0.2, -0.15) is 0 Å². The predicted octanol–water partition coefficient (Wildman–Crippen LogP) is 1.02. The van der Waals surface area contributed by atoms with Gasteiger partial charge < -0.3 is 20.4 Å². The van der Waals surface area contributed by atoms with Crippen LogP contribution in [0, 0.1) is 5.92 Å². The highest BCUT2D eigenvalue weighted by molar-refractivity contribution is 5.97. The highest BCUT2D eigenvalue weighted by Gasteiger charge is 2.34. The summed E-state index contributed by atoms with van der Waals surface area (Å²) in [5, 5.41) is 2.69. The monoisotopic (exact) mass is 315 g/mol. The van der Waals surface area contributed by atoms with Crippen LogP contribution in [-0.4, -0.2) is 41.9 Å². The molecule has 2 rings (SSSR count). The molecular weight excluding hydrogens is 294 g/mol. The van der Waals surface area contributed by atoms with Crippen molar-refractivity contribution in [3.05, 3.63) is 24.2 Å². The van der Waals surface area contributed by atoms with Crippen LogP contribution in [0.4, 0.5) is 0 Å². The van der Waals surface area contributed by atoms with E-state index in [-0.39, 0.29) is 30.3 Å². The van der Waals surface area contributed by atoms with Crippen LogP contribution < -0.4 is 11.1 Å². The van der Waals surface area contributed by atoms with Gasteiger partial charge in [0.2, 0.25) is 5.91 Å². The van der Waals surface area contributed by atoms with Gasteiger partial charge in [0.15, 0.2) is 0 Å². The SMILES string of the molecule is CC(NC(=O)c1ccoc1)C(=O)N1CC(CN)CC1C.Cl. The summed E-state index contributed by atoms with van der Waals surface area (Å²) in [6.45, 7) is 4.97. The zero-order chi connectivity index (χ0) is 14.7. The van der Waals surface area contributed by atoms with Gasteiger partial charge in [-0.15, -0.1) is 12.4 Å². The maximum atomic E-state index is 12.4. The Morgan fingerprint density at radius 3 is 2.81 bits per heavy atom. The summed E-state index contributed by atoms with van der Waals surface area (Å²) >= 11 is 0. The molecule has 2 amide bonds. The van der Waals surface area contributed by atoms with Crippen LogP contribution in [0.25, 0.3) is 0 Å². The van der Waals surface area contributed by atoms with E-state index in [1.54, 1.807) is 17.9 Å². The minimum absolute atomic E-state index is 0. The largest absolute Gasteiger partial charge is 0.472 e. The summed E-state index contributed by atoms with van der Waals surface area (Å²) in [7, 11) is 0. The number of nitrogens with two attached hydrogens (primary N) is 1. The van der Waals surface area contributed by atoms with Gasteiger partial charge in [-0.3, -0.25) is 9.59 Å². The fourth-order valence-electron chi connectivity index (χ4n) is 2.60. The first kappa shape index (κ1) is 17.5. The van der Waals surface area contributed by atoms with E-state index in [0.717, 1.165) is 6.42 Å². The molecule has 3 unspecified atom stereocenters. The van der Waals surface area contributed by atoms with Gasteiger partial charge in [-0.1, -0.05) is 0 Å². The average Bonchev–Trinajstić information content (AvgIpc) is 3.06. The summed E-state index contributed by atoms with van der Waals surface area (Å²) in [4.78, 5) is 26.0. The smallest absolute Gasteiger partial charge is 0.255 e. The van der Waals surface area contributed by atoms with Crippen molar-refractivity contribution in [1.82, 2.24) is 10.2 Å². The third-order valence-electron chi connectivity index (χ3n) is 3.78. The van der Waals surface area contributed by atoms with E-state index in [2.05, 4.69) is 5.32 Å². The molecule has 0 aliphatic carbocycles. The van der Waals surface area contributed by atoms with E-state index < -0.39 is 6.04 Å². The van der Waals surface area contributed by atoms with Crippen LogP contribution in [-0.2, 0) is 4.79 Å². The molecule has 0 aromatic carbocycles. The third-order valence-corrected chi connectivity index (χ3v) is 3.78. The van der Waals surface area contributed by atoms with E-state index in [1.165, 1.54) is 12.5 Å². The Labute approximate surface area is 130 Å². The standard InChI is InChI=1S/C14H21N3O3.ClH/c1-9-5-11(6-15)7-17(9)14(19)10(2)16-13(18)12-3-4-20-8-12;/h3-4,8-11H,5-7,15H2,1-2H3,(H,16,18);1H. The van der Waals surface area contributed by atoms with Crippen molar-refractivity contribution in [2.75, 3.05) is 13.1 Å². The third kappa shape index (κ3) is 3.98. The summed E-state index contributed by atoms with van der Waals surface area (Å²) in [5.41, 5.74) is 6.08. The molecule has 6 nitrogen and oxygen atoms in total. The Bertz CT molecular complexity index is 478. The van der Waals surface area contributed by atoms with E-state index in [9.17, 15) is 9.59 Å². The lowest BCUT2D eigenvalue weighted by molar-refractivity contribution is -0.133. The number of amides is 2. The lowest BCUT2D eigenvalue weighted by Gasteiger charge is -2.25. The molecule has 1 aliphatic rings. The van der Waals surface area contributed by atoms with Crippen LogP contribution in [0.2, 0.25) is 0 Å². The van der Waals surface area contributed by atoms with Gasteiger partial charge in [0.1, 0.15) is 12.3 Å². The van der Waals surface area contributed by atoms with Crippen LogP contribution in [0.15, 0.2) is 23.0 Å². The number of likely N-dealkylation sites (tertiary alicyclic amines) is 1. The van der Waals surface area contributed by atoms with Gasteiger partial charge >= 0.3 is 0 Å². The van der Waals surface area contributed by atoms with E-state index in [4.69, 9.17) is 10.2 Å². The highest BCUT2D eigenvalue weighted by Crippen LogP contribution is 2.22. The normalized spacial score (nSPS) is 22.5. The Hall–Kier alpha value is -1.53. The lowest BCUT2D eigenvalue weighted by atomic mass is 10.1. The van der Waals surface area contributed by atoms with E-state index in [0.29, 0.717) is 24.6 Å². The maximum absolute atomic E-state index is 12.4. The number of carbonyl (C=O) groups excluding carboxylic acids is 2. The second-order valence-electron chi connectivity index (χ2n) is 5.38. The Balaban J connectivity index is 0.00000220. The highest BCUT2D eigenvalue weighted by atomic mass is 35.5. The molecule has 1 saturated heterocycles. The zero-order valence-corrected chi connectivity index (χ0v) is 13.1.